The molecule has 0 bridgehead atoms. The monoisotopic (exact) mass is 299 g/mol. The van der Waals surface area contributed by atoms with Crippen LogP contribution in [0.15, 0.2) is 17.5 Å². The van der Waals surface area contributed by atoms with E-state index in [0.717, 1.165) is 26.0 Å². The molecule has 3 atom stereocenters. The average Bonchev–Trinajstić information content (AvgIpc) is 2.95. The maximum absolute atomic E-state index is 5.97. The zero-order chi connectivity index (χ0) is 14.2. The second-order valence-electron chi connectivity index (χ2n) is 4.97. The summed E-state index contributed by atoms with van der Waals surface area (Å²) < 4.78 is 16.9. The smallest absolute Gasteiger partial charge is 0.0991 e. The standard InChI is InChI=1S/C15H25NO3S/c1-3-16-13-11-14(15(13)19-9-8-17-2)18-7-6-12-5-4-10-20-12/h4-5,10,13-16H,3,6-9,11H2,1-2H3. The van der Waals surface area contributed by atoms with Gasteiger partial charge in [0.15, 0.2) is 0 Å². The van der Waals surface area contributed by atoms with Gasteiger partial charge in [0.2, 0.25) is 0 Å². The summed E-state index contributed by atoms with van der Waals surface area (Å²) in [5.74, 6) is 0. The van der Waals surface area contributed by atoms with Crippen LogP contribution < -0.4 is 5.32 Å². The fraction of sp³-hybridized carbons (Fsp3) is 0.733. The average molecular weight is 299 g/mol. The van der Waals surface area contributed by atoms with Gasteiger partial charge >= 0.3 is 0 Å². The van der Waals surface area contributed by atoms with E-state index in [-0.39, 0.29) is 12.2 Å². The molecule has 4 nitrogen and oxygen atoms in total. The van der Waals surface area contributed by atoms with Crippen LogP contribution in [0.4, 0.5) is 0 Å². The van der Waals surface area contributed by atoms with Crippen LogP contribution in [-0.4, -0.2) is 51.7 Å². The predicted molar refractivity (Wildman–Crippen MR) is 81.5 cm³/mol. The van der Waals surface area contributed by atoms with Crippen LogP contribution in [0.25, 0.3) is 0 Å². The third kappa shape index (κ3) is 4.53. The summed E-state index contributed by atoms with van der Waals surface area (Å²) in [6.45, 7) is 5.13. The lowest BCUT2D eigenvalue weighted by atomic mass is 9.85. The molecule has 20 heavy (non-hydrogen) atoms. The molecule has 0 radical (unpaired) electrons. The van der Waals surface area contributed by atoms with E-state index in [4.69, 9.17) is 14.2 Å². The summed E-state index contributed by atoms with van der Waals surface area (Å²) in [4.78, 5) is 1.38. The number of likely N-dealkylation sites (N-methyl/N-ethyl adjacent to an activating group) is 1. The maximum atomic E-state index is 5.97. The molecule has 1 aromatic rings. The summed E-state index contributed by atoms with van der Waals surface area (Å²) in [6, 6.07) is 4.66. The van der Waals surface area contributed by atoms with Gasteiger partial charge in [-0.25, -0.2) is 0 Å². The fourth-order valence-corrected chi connectivity index (χ4v) is 3.15. The molecule has 1 N–H and O–H groups in total. The Hall–Kier alpha value is -0.460. The van der Waals surface area contributed by atoms with Gasteiger partial charge in [0, 0.05) is 24.4 Å². The lowest BCUT2D eigenvalue weighted by Gasteiger charge is -2.44. The van der Waals surface area contributed by atoms with Gasteiger partial charge in [-0.2, -0.15) is 0 Å². The molecule has 1 aromatic heterocycles. The first-order valence-corrected chi connectivity index (χ1v) is 8.21. The first-order valence-electron chi connectivity index (χ1n) is 7.33. The topological polar surface area (TPSA) is 39.7 Å². The number of rotatable bonds is 10. The van der Waals surface area contributed by atoms with Gasteiger partial charge in [-0.05, 0) is 24.4 Å². The Morgan fingerprint density at radius 2 is 2.20 bits per heavy atom. The Balaban J connectivity index is 1.69. The molecule has 0 spiro atoms. The van der Waals surface area contributed by atoms with Gasteiger partial charge in [0.25, 0.3) is 0 Å². The number of nitrogens with one attached hydrogen (secondary N) is 1. The molecular weight excluding hydrogens is 274 g/mol. The predicted octanol–water partition coefficient (Wildman–Crippen LogP) is 2.09. The number of thiophene rings is 1. The molecular formula is C15H25NO3S. The van der Waals surface area contributed by atoms with Crippen molar-refractivity contribution in [2.75, 3.05) is 33.5 Å². The third-order valence-corrected chi connectivity index (χ3v) is 4.51. The molecule has 0 amide bonds. The largest absolute Gasteiger partial charge is 0.382 e. The van der Waals surface area contributed by atoms with Gasteiger partial charge in [-0.3, -0.25) is 0 Å². The molecule has 0 aliphatic heterocycles. The van der Waals surface area contributed by atoms with Crippen LogP contribution in [0, 0.1) is 0 Å². The first kappa shape index (κ1) is 15.9. The minimum absolute atomic E-state index is 0.161. The Bertz CT molecular complexity index is 358. The summed E-state index contributed by atoms with van der Waals surface area (Å²) in [7, 11) is 1.70. The van der Waals surface area contributed by atoms with E-state index < -0.39 is 0 Å². The summed E-state index contributed by atoms with van der Waals surface area (Å²) >= 11 is 1.79. The number of ether oxygens (including phenoxy) is 3. The van der Waals surface area contributed by atoms with Crippen LogP contribution in [0.5, 0.6) is 0 Å². The summed E-state index contributed by atoms with van der Waals surface area (Å²) in [5.41, 5.74) is 0. The van der Waals surface area contributed by atoms with E-state index >= 15 is 0 Å². The quantitative estimate of drug-likeness (QED) is 0.672. The molecule has 1 heterocycles. The second-order valence-corrected chi connectivity index (χ2v) is 6.00. The van der Waals surface area contributed by atoms with Crippen LogP contribution >= 0.6 is 11.3 Å². The van der Waals surface area contributed by atoms with Crippen molar-refractivity contribution in [2.24, 2.45) is 0 Å². The van der Waals surface area contributed by atoms with Crippen molar-refractivity contribution in [3.05, 3.63) is 22.4 Å². The van der Waals surface area contributed by atoms with Gasteiger partial charge < -0.3 is 19.5 Å². The molecule has 0 aromatic carbocycles. The number of hydrogen-bond donors (Lipinski definition) is 1. The van der Waals surface area contributed by atoms with E-state index in [1.165, 1.54) is 4.88 Å². The maximum Gasteiger partial charge on any atom is 0.0991 e. The lowest BCUT2D eigenvalue weighted by Crippen LogP contribution is -2.60. The van der Waals surface area contributed by atoms with Crippen molar-refractivity contribution < 1.29 is 14.2 Å². The van der Waals surface area contributed by atoms with Crippen LogP contribution in [-0.2, 0) is 20.6 Å². The second kappa shape index (κ2) is 8.74. The van der Waals surface area contributed by atoms with Crippen molar-refractivity contribution in [1.82, 2.24) is 5.32 Å². The SMILES string of the molecule is CCNC1CC(OCCc2cccs2)C1OCCOC. The van der Waals surface area contributed by atoms with Crippen molar-refractivity contribution in [1.29, 1.82) is 0 Å². The van der Waals surface area contributed by atoms with Crippen molar-refractivity contribution in [3.63, 3.8) is 0 Å². The van der Waals surface area contributed by atoms with E-state index in [0.29, 0.717) is 19.3 Å². The van der Waals surface area contributed by atoms with E-state index in [1.807, 2.05) is 0 Å². The van der Waals surface area contributed by atoms with Gasteiger partial charge in [0.05, 0.1) is 32.0 Å². The van der Waals surface area contributed by atoms with Crippen LogP contribution in [0.3, 0.4) is 0 Å². The highest BCUT2D eigenvalue weighted by Gasteiger charge is 2.42. The summed E-state index contributed by atoms with van der Waals surface area (Å²) in [5, 5.41) is 5.56. The molecule has 0 saturated heterocycles. The third-order valence-electron chi connectivity index (χ3n) is 3.57. The highest BCUT2D eigenvalue weighted by atomic mass is 32.1. The molecule has 5 heteroatoms. The zero-order valence-electron chi connectivity index (χ0n) is 12.3. The lowest BCUT2D eigenvalue weighted by molar-refractivity contribution is -0.151. The molecule has 1 fully saturated rings. The van der Waals surface area contributed by atoms with E-state index in [1.54, 1.807) is 18.4 Å². The van der Waals surface area contributed by atoms with E-state index in [9.17, 15) is 0 Å². The summed E-state index contributed by atoms with van der Waals surface area (Å²) in [6.07, 6.45) is 2.41. The Labute approximate surface area is 125 Å². The van der Waals surface area contributed by atoms with Crippen LogP contribution in [0.2, 0.25) is 0 Å². The van der Waals surface area contributed by atoms with Crippen molar-refractivity contribution >= 4 is 11.3 Å². The first-order chi connectivity index (χ1) is 9.85. The zero-order valence-corrected chi connectivity index (χ0v) is 13.2. The number of methoxy groups -OCH3 is 1. The molecule has 2 rings (SSSR count). The number of hydrogen-bond acceptors (Lipinski definition) is 5. The van der Waals surface area contributed by atoms with Crippen molar-refractivity contribution in [3.8, 4) is 0 Å². The molecule has 1 saturated carbocycles. The van der Waals surface area contributed by atoms with Crippen molar-refractivity contribution in [2.45, 2.75) is 38.0 Å². The molecule has 1 aliphatic carbocycles. The van der Waals surface area contributed by atoms with Gasteiger partial charge in [0.1, 0.15) is 0 Å². The minimum Gasteiger partial charge on any atom is -0.382 e. The Morgan fingerprint density at radius 3 is 2.90 bits per heavy atom. The minimum atomic E-state index is 0.161. The highest BCUT2D eigenvalue weighted by molar-refractivity contribution is 7.09. The Kier molecular flexibility index (Phi) is 6.96. The Morgan fingerprint density at radius 1 is 1.30 bits per heavy atom. The normalized spacial score (nSPS) is 25.6. The molecule has 114 valence electrons. The fourth-order valence-electron chi connectivity index (χ4n) is 2.46. The highest BCUT2D eigenvalue weighted by Crippen LogP contribution is 2.27. The molecule has 1 aliphatic rings. The van der Waals surface area contributed by atoms with E-state index in [2.05, 4.69) is 29.8 Å². The molecule has 3 unspecified atom stereocenters. The van der Waals surface area contributed by atoms with Gasteiger partial charge in [-0.1, -0.05) is 13.0 Å². The van der Waals surface area contributed by atoms with Gasteiger partial charge in [-0.15, -0.1) is 11.3 Å². The van der Waals surface area contributed by atoms with Crippen LogP contribution in [0.1, 0.15) is 18.2 Å².